The van der Waals surface area contributed by atoms with Gasteiger partial charge >= 0.3 is 6.61 Å². The Morgan fingerprint density at radius 2 is 2.00 bits per heavy atom. The molecule has 0 aliphatic carbocycles. The maximum atomic E-state index is 12.9. The molecule has 0 fully saturated rings. The highest BCUT2D eigenvalue weighted by Crippen LogP contribution is 2.40. The average Bonchev–Trinajstić information content (AvgIpc) is 3.36. The number of para-hydroxylation sites is 1. The van der Waals surface area contributed by atoms with Crippen molar-refractivity contribution in [1.82, 2.24) is 19.3 Å². The van der Waals surface area contributed by atoms with Gasteiger partial charge in [-0.2, -0.15) is 13.9 Å². The second kappa shape index (κ2) is 6.44. The van der Waals surface area contributed by atoms with E-state index in [4.69, 9.17) is 9.72 Å². The first kappa shape index (κ1) is 16.9. The highest BCUT2D eigenvalue weighted by atomic mass is 19.3. The van der Waals surface area contributed by atoms with E-state index >= 15 is 0 Å². The number of aryl methyl sites for hydroxylation is 2. The second-order valence-corrected chi connectivity index (χ2v) is 6.98. The van der Waals surface area contributed by atoms with Gasteiger partial charge in [0.25, 0.3) is 0 Å². The topological polar surface area (TPSA) is 44.9 Å². The number of nitrogens with zero attached hydrogens (tertiary/aromatic N) is 4. The van der Waals surface area contributed by atoms with Crippen LogP contribution in [0.1, 0.15) is 23.9 Å². The minimum atomic E-state index is -2.85. The summed E-state index contributed by atoms with van der Waals surface area (Å²) in [6.07, 6.45) is 5.39. The lowest BCUT2D eigenvalue weighted by atomic mass is 10.0. The van der Waals surface area contributed by atoms with Gasteiger partial charge in [-0.05, 0) is 30.2 Å². The Bertz CT molecular complexity index is 1160. The summed E-state index contributed by atoms with van der Waals surface area (Å²) < 4.78 is 34.4. The lowest BCUT2D eigenvalue weighted by Gasteiger charge is -2.19. The van der Waals surface area contributed by atoms with Crippen LogP contribution >= 0.6 is 0 Å². The Kier molecular flexibility index (Phi) is 3.89. The minimum Gasteiger partial charge on any atom is -0.434 e. The normalized spacial score (nSPS) is 16.1. The van der Waals surface area contributed by atoms with Crippen molar-refractivity contribution in [2.24, 2.45) is 7.05 Å². The fourth-order valence-electron chi connectivity index (χ4n) is 4.07. The Hall–Kier alpha value is -3.22. The number of alkyl halides is 2. The molecule has 1 aliphatic rings. The number of halogens is 2. The van der Waals surface area contributed by atoms with E-state index in [-0.39, 0.29) is 11.8 Å². The second-order valence-electron chi connectivity index (χ2n) is 6.98. The van der Waals surface area contributed by atoms with E-state index in [0.29, 0.717) is 0 Å². The molecule has 2 aromatic carbocycles. The van der Waals surface area contributed by atoms with Gasteiger partial charge in [0.05, 0.1) is 23.3 Å². The molecule has 0 spiro atoms. The van der Waals surface area contributed by atoms with Gasteiger partial charge in [-0.25, -0.2) is 4.98 Å². The fraction of sp³-hybridized carbons (Fsp3) is 0.238. The third-order valence-electron chi connectivity index (χ3n) is 5.25. The number of hydrogen-bond donors (Lipinski definition) is 0. The molecule has 7 heteroatoms. The van der Waals surface area contributed by atoms with Crippen LogP contribution in [0.4, 0.5) is 8.78 Å². The van der Waals surface area contributed by atoms with Crippen LogP contribution in [0.25, 0.3) is 22.2 Å². The Labute approximate surface area is 160 Å². The molecule has 0 saturated heterocycles. The summed E-state index contributed by atoms with van der Waals surface area (Å²) in [5.74, 6) is 1.19. The lowest BCUT2D eigenvalue weighted by Crippen LogP contribution is -2.10. The molecule has 0 bridgehead atoms. The van der Waals surface area contributed by atoms with Crippen molar-refractivity contribution in [1.29, 1.82) is 0 Å². The monoisotopic (exact) mass is 380 g/mol. The first-order valence-electron chi connectivity index (χ1n) is 9.14. The van der Waals surface area contributed by atoms with Crippen LogP contribution in [0.15, 0.2) is 54.9 Å². The smallest absolute Gasteiger partial charge is 0.387 e. The van der Waals surface area contributed by atoms with Crippen LogP contribution in [-0.4, -0.2) is 25.9 Å². The van der Waals surface area contributed by atoms with E-state index < -0.39 is 6.61 Å². The number of fused-ring (bicyclic) bond motifs is 3. The summed E-state index contributed by atoms with van der Waals surface area (Å²) >= 11 is 0. The minimum absolute atomic E-state index is 0.0842. The Balaban J connectivity index is 1.63. The molecular formula is C21H18F2N4O. The molecule has 0 saturated carbocycles. The number of rotatable bonds is 4. The summed E-state index contributed by atoms with van der Waals surface area (Å²) in [7, 11) is 1.88. The number of hydrogen-bond acceptors (Lipinski definition) is 3. The van der Waals surface area contributed by atoms with Gasteiger partial charge in [0.1, 0.15) is 11.6 Å². The molecule has 4 aromatic rings. The summed E-state index contributed by atoms with van der Waals surface area (Å²) in [4.78, 5) is 4.75. The van der Waals surface area contributed by atoms with Gasteiger partial charge < -0.3 is 9.30 Å². The van der Waals surface area contributed by atoms with Gasteiger partial charge in [0, 0.05) is 30.8 Å². The van der Waals surface area contributed by atoms with Gasteiger partial charge in [-0.15, -0.1) is 0 Å². The Morgan fingerprint density at radius 3 is 2.79 bits per heavy atom. The van der Waals surface area contributed by atoms with Crippen LogP contribution < -0.4 is 4.74 Å². The molecule has 0 radical (unpaired) electrons. The summed E-state index contributed by atoms with van der Waals surface area (Å²) in [6, 6.07) is 13.1. The number of benzene rings is 2. The van der Waals surface area contributed by atoms with Gasteiger partial charge in [-0.3, -0.25) is 4.68 Å². The van der Waals surface area contributed by atoms with Crippen molar-refractivity contribution < 1.29 is 13.5 Å². The summed E-state index contributed by atoms with van der Waals surface area (Å²) in [5.41, 5.74) is 4.72. The van der Waals surface area contributed by atoms with Crippen LogP contribution in [0.5, 0.6) is 5.75 Å². The van der Waals surface area contributed by atoms with Crippen molar-refractivity contribution in [3.8, 4) is 16.9 Å². The lowest BCUT2D eigenvalue weighted by molar-refractivity contribution is -0.0506. The molecule has 1 unspecified atom stereocenters. The molecule has 1 aliphatic heterocycles. The zero-order valence-electron chi connectivity index (χ0n) is 15.2. The van der Waals surface area contributed by atoms with E-state index in [0.717, 1.165) is 46.4 Å². The van der Waals surface area contributed by atoms with E-state index in [1.54, 1.807) is 16.8 Å². The van der Waals surface area contributed by atoms with Gasteiger partial charge in [0.15, 0.2) is 0 Å². The third-order valence-corrected chi connectivity index (χ3v) is 5.25. The predicted molar refractivity (Wildman–Crippen MR) is 101 cm³/mol. The number of ether oxygens (including phenoxy) is 1. The fourth-order valence-corrected chi connectivity index (χ4v) is 4.07. The average molecular weight is 380 g/mol. The zero-order valence-corrected chi connectivity index (χ0v) is 15.2. The zero-order chi connectivity index (χ0) is 19.3. The van der Waals surface area contributed by atoms with Crippen molar-refractivity contribution in [2.45, 2.75) is 25.5 Å². The van der Waals surface area contributed by atoms with E-state index in [1.807, 2.05) is 43.7 Å². The van der Waals surface area contributed by atoms with E-state index in [2.05, 4.69) is 15.7 Å². The third kappa shape index (κ3) is 2.74. The first-order chi connectivity index (χ1) is 13.6. The molecule has 5 nitrogen and oxygen atoms in total. The highest BCUT2D eigenvalue weighted by Gasteiger charge is 2.29. The predicted octanol–water partition coefficient (Wildman–Crippen LogP) is 4.57. The summed E-state index contributed by atoms with van der Waals surface area (Å²) in [5, 5.41) is 4.24. The van der Waals surface area contributed by atoms with Crippen molar-refractivity contribution >= 4 is 11.0 Å². The quantitative estimate of drug-likeness (QED) is 0.521. The van der Waals surface area contributed by atoms with Gasteiger partial charge in [0.2, 0.25) is 0 Å². The molecule has 1 atom stereocenters. The number of imidazole rings is 1. The Morgan fingerprint density at radius 1 is 1.14 bits per heavy atom. The maximum Gasteiger partial charge on any atom is 0.387 e. The highest BCUT2D eigenvalue weighted by molar-refractivity contribution is 5.83. The molecule has 28 heavy (non-hydrogen) atoms. The number of aromatic nitrogens is 4. The van der Waals surface area contributed by atoms with E-state index in [1.165, 1.54) is 0 Å². The largest absolute Gasteiger partial charge is 0.434 e. The molecule has 142 valence electrons. The molecule has 0 N–H and O–H groups in total. The molecule has 5 rings (SSSR count). The van der Waals surface area contributed by atoms with Crippen molar-refractivity contribution in [3.05, 3.63) is 66.2 Å². The van der Waals surface area contributed by atoms with E-state index in [9.17, 15) is 8.78 Å². The SMILES string of the molecule is Cn1cc(-c2ccc3nc4n(c3c2)C(c2ccccc2OC(F)F)CC4)cn1. The molecule has 2 aromatic heterocycles. The first-order valence-corrected chi connectivity index (χ1v) is 9.14. The molecular weight excluding hydrogens is 362 g/mol. The van der Waals surface area contributed by atoms with Gasteiger partial charge in [-0.1, -0.05) is 24.3 Å². The van der Waals surface area contributed by atoms with Crippen molar-refractivity contribution in [3.63, 3.8) is 0 Å². The maximum absolute atomic E-state index is 12.9. The van der Waals surface area contributed by atoms with Crippen LogP contribution in [0, 0.1) is 0 Å². The van der Waals surface area contributed by atoms with Crippen LogP contribution in [0.3, 0.4) is 0 Å². The molecule has 3 heterocycles. The molecule has 0 amide bonds. The van der Waals surface area contributed by atoms with Crippen LogP contribution in [-0.2, 0) is 13.5 Å². The van der Waals surface area contributed by atoms with Crippen molar-refractivity contribution in [2.75, 3.05) is 0 Å². The summed E-state index contributed by atoms with van der Waals surface area (Å²) in [6.45, 7) is -2.85. The van der Waals surface area contributed by atoms with Crippen LogP contribution in [0.2, 0.25) is 0 Å². The standard InChI is InChI=1S/C21H18F2N4O/c1-26-12-14(11-24-26)13-6-7-16-18(10-13)27-17(8-9-20(27)25-16)15-4-2-3-5-19(15)28-21(22)23/h2-7,10-12,17,21H,8-9H2,1H3.